The van der Waals surface area contributed by atoms with Crippen LogP contribution in [0.3, 0.4) is 0 Å². The smallest absolute Gasteiger partial charge is 0.333 e. The number of esters is 1. The monoisotopic (exact) mass is 1080 g/mol. The average Bonchev–Trinajstić information content (AvgIpc) is 3.34. The summed E-state index contributed by atoms with van der Waals surface area (Å²) in [6.07, 6.45) is -12.2. The molecule has 0 amide bonds. The topological polar surface area (TPSA) is 321 Å². The zero-order valence-electron chi connectivity index (χ0n) is 45.7. The molecule has 0 aromatic carbocycles. The van der Waals surface area contributed by atoms with Gasteiger partial charge in [0.15, 0.2) is 18.9 Å². The van der Waals surface area contributed by atoms with Crippen molar-refractivity contribution in [1.29, 1.82) is 0 Å². The summed E-state index contributed by atoms with van der Waals surface area (Å²) in [6.45, 7) is 20.9. The van der Waals surface area contributed by atoms with E-state index in [1.807, 2.05) is 13.8 Å². The van der Waals surface area contributed by atoms with Crippen LogP contribution < -0.4 is 0 Å². The molecule has 11 N–H and O–H groups in total. The normalized spacial score (nSPS) is 48.9. The van der Waals surface area contributed by atoms with Crippen LogP contribution in [0.4, 0.5) is 0 Å². The fraction of sp³-hybridized carbons (Fsp3) is 0.857. The van der Waals surface area contributed by atoms with Crippen molar-refractivity contribution in [3.05, 3.63) is 36.0 Å². The van der Waals surface area contributed by atoms with Crippen molar-refractivity contribution in [3.8, 4) is 0 Å². The highest BCUT2D eigenvalue weighted by atomic mass is 16.8. The molecule has 20 heteroatoms. The maximum absolute atomic E-state index is 13.8. The first-order valence-corrected chi connectivity index (χ1v) is 27.4. The van der Waals surface area contributed by atoms with E-state index < -0.39 is 157 Å². The van der Waals surface area contributed by atoms with Crippen LogP contribution in [-0.4, -0.2) is 192 Å². The van der Waals surface area contributed by atoms with E-state index in [1.165, 1.54) is 6.08 Å². The summed E-state index contributed by atoms with van der Waals surface area (Å²) >= 11 is 0. The number of fused-ring (bicyclic) bond motifs is 7. The lowest BCUT2D eigenvalue weighted by molar-refractivity contribution is -0.357. The summed E-state index contributed by atoms with van der Waals surface area (Å²) in [7, 11) is 0. The third-order valence-electron chi connectivity index (χ3n) is 20.9. The Morgan fingerprint density at radius 1 is 0.776 bits per heavy atom. The van der Waals surface area contributed by atoms with Crippen molar-refractivity contribution in [1.82, 2.24) is 0 Å². The molecule has 76 heavy (non-hydrogen) atoms. The summed E-state index contributed by atoms with van der Waals surface area (Å²) in [6, 6.07) is 0. The van der Waals surface area contributed by atoms with E-state index in [2.05, 4.69) is 47.3 Å². The maximum atomic E-state index is 13.8. The Morgan fingerprint density at radius 3 is 2.08 bits per heavy atom. The zero-order chi connectivity index (χ0) is 56.0. The Balaban J connectivity index is 0.965. The molecule has 0 bridgehead atoms. The van der Waals surface area contributed by atoms with Crippen LogP contribution in [0.15, 0.2) is 36.0 Å². The van der Waals surface area contributed by atoms with Crippen LogP contribution in [-0.2, 0) is 42.7 Å². The van der Waals surface area contributed by atoms with Gasteiger partial charge in [-0.15, -0.1) is 6.58 Å². The second kappa shape index (κ2) is 21.4. The average molecular weight is 1080 g/mol. The largest absolute Gasteiger partial charge is 0.481 e. The minimum Gasteiger partial charge on any atom is -0.481 e. The van der Waals surface area contributed by atoms with E-state index >= 15 is 0 Å². The van der Waals surface area contributed by atoms with Crippen molar-refractivity contribution in [2.24, 2.45) is 50.2 Å². The number of carbonyl (C=O) groups is 2. The number of ether oxygens (including phenoxy) is 7. The third-order valence-corrected chi connectivity index (χ3v) is 20.9. The lowest BCUT2D eigenvalue weighted by Gasteiger charge is -2.72. The van der Waals surface area contributed by atoms with Crippen molar-refractivity contribution < 1.29 is 98.9 Å². The van der Waals surface area contributed by atoms with Gasteiger partial charge in [-0.1, -0.05) is 72.3 Å². The molecule has 7 fully saturated rings. The SMILES string of the molecule is C=CC(C)(O)CC/C=C(\C)C(=O)O[C@H]1C[C@]2(C(=O)O)[C@H](O)C[C@]3(C)C(=CC[C@@H]4[C@@]5(C)CC[C@H](O[C@@H]6O[C@H](CO[C@@H]7OC[C@H](O)[C@H](O)[C@H]7O[C@@H]7OC[C@H](O)[C@H](O)[C@H]7O)[C@@H](O)[C@H](O)[C@H]6O)C(C)(C)[C@@H]5CC[C@]43C)[C@@H]2CC1(C)C. The molecule has 8 rings (SSSR count). The second-order valence-corrected chi connectivity index (χ2v) is 26.1. The number of aliphatic hydroxyl groups is 10. The Bertz CT molecular complexity index is 2200. The summed E-state index contributed by atoms with van der Waals surface area (Å²) < 4.78 is 41.7. The van der Waals surface area contributed by atoms with Gasteiger partial charge in [-0.25, -0.2) is 4.79 Å². The van der Waals surface area contributed by atoms with Crippen LogP contribution in [0, 0.1) is 50.2 Å². The first kappa shape index (κ1) is 59.6. The van der Waals surface area contributed by atoms with Gasteiger partial charge in [-0.05, 0) is 111 Å². The molecule has 3 saturated heterocycles. The van der Waals surface area contributed by atoms with Crippen LogP contribution in [0.2, 0.25) is 0 Å². The minimum absolute atomic E-state index is 0.0432. The van der Waals surface area contributed by atoms with Gasteiger partial charge < -0.3 is 89.3 Å². The van der Waals surface area contributed by atoms with Crippen LogP contribution in [0.25, 0.3) is 0 Å². The van der Waals surface area contributed by atoms with Gasteiger partial charge in [-0.3, -0.25) is 4.79 Å². The molecule has 0 aromatic rings. The number of carboxylic acid groups (broad SMARTS) is 1. The number of aliphatic carboxylic acids is 1. The predicted molar refractivity (Wildman–Crippen MR) is 269 cm³/mol. The molecule has 5 aliphatic carbocycles. The van der Waals surface area contributed by atoms with Crippen LogP contribution >= 0.6 is 0 Å². The molecule has 1 unspecified atom stereocenters. The zero-order valence-corrected chi connectivity index (χ0v) is 45.7. The molecule has 3 aliphatic heterocycles. The van der Waals surface area contributed by atoms with Crippen molar-refractivity contribution in [2.45, 2.75) is 230 Å². The van der Waals surface area contributed by atoms with E-state index in [0.717, 1.165) is 24.8 Å². The number of rotatable bonds is 14. The minimum atomic E-state index is -1.73. The van der Waals surface area contributed by atoms with E-state index in [1.54, 1.807) is 19.9 Å². The summed E-state index contributed by atoms with van der Waals surface area (Å²) in [5, 5.41) is 120. The number of carbonyl (C=O) groups excluding carboxylic acids is 1. The first-order chi connectivity index (χ1) is 35.3. The Kier molecular flexibility index (Phi) is 16.8. The molecule has 0 aromatic heterocycles. The number of aliphatic hydroxyl groups excluding tert-OH is 9. The number of carboxylic acids is 1. The van der Waals surface area contributed by atoms with Crippen molar-refractivity contribution in [2.75, 3.05) is 19.8 Å². The standard InChI is InChI=1S/C56H88O20/c1-11-52(7,69)18-12-13-27(2)45(66)74-37-23-56(49(67)68)29(21-50(37,3)4)28-14-15-34-53(8)19-17-36(51(5,6)33(53)16-20-54(34,9)55(28,10)22-35(56)59)75-47-43(65)41(63)40(62)32(73-47)26-72-48-44(39(61)31(58)25-71-48)76-46-42(64)38(60)30(57)24-70-46/h11,13-14,29-44,46-48,57-65,69H,1,12,15-26H2,2-10H3,(H,67,68)/b27-13+/t29-,30-,31-,32+,33-,34+,35+,36-,37-,38-,39-,40+,41-,42+,43+,44+,46-,47-,48-,52?,53-,54+,55+,56+/m0/s1. The highest BCUT2D eigenvalue weighted by Crippen LogP contribution is 2.76. The molecule has 24 atom stereocenters. The Morgan fingerprint density at radius 2 is 1.42 bits per heavy atom. The van der Waals surface area contributed by atoms with Crippen molar-refractivity contribution >= 4 is 11.9 Å². The lowest BCUT2D eigenvalue weighted by atomic mass is 9.33. The Hall–Kier alpha value is -2.48. The molecule has 4 saturated carbocycles. The van der Waals surface area contributed by atoms with E-state index in [0.29, 0.717) is 37.7 Å². The predicted octanol–water partition coefficient (Wildman–Crippen LogP) is 2.14. The van der Waals surface area contributed by atoms with Crippen molar-refractivity contribution in [3.63, 3.8) is 0 Å². The summed E-state index contributed by atoms with van der Waals surface area (Å²) in [4.78, 5) is 27.4. The molecule has 0 radical (unpaired) electrons. The van der Waals surface area contributed by atoms with Crippen LogP contribution in [0.5, 0.6) is 0 Å². The second-order valence-electron chi connectivity index (χ2n) is 26.1. The van der Waals surface area contributed by atoms with Gasteiger partial charge in [0, 0.05) is 17.4 Å². The van der Waals surface area contributed by atoms with Gasteiger partial charge in [0.2, 0.25) is 0 Å². The van der Waals surface area contributed by atoms with Crippen LogP contribution in [0.1, 0.15) is 127 Å². The van der Waals surface area contributed by atoms with Gasteiger partial charge in [0.1, 0.15) is 72.6 Å². The highest BCUT2D eigenvalue weighted by molar-refractivity contribution is 5.88. The fourth-order valence-electron chi connectivity index (χ4n) is 15.7. The molecular weight excluding hydrogens is 993 g/mol. The van der Waals surface area contributed by atoms with E-state index in [-0.39, 0.29) is 42.1 Å². The van der Waals surface area contributed by atoms with E-state index in [4.69, 9.17) is 33.2 Å². The lowest BCUT2D eigenvalue weighted by Crippen LogP contribution is -2.69. The van der Waals surface area contributed by atoms with Gasteiger partial charge in [0.05, 0.1) is 37.6 Å². The third kappa shape index (κ3) is 10.1. The fourth-order valence-corrected chi connectivity index (χ4v) is 15.7. The molecule has 0 spiro atoms. The summed E-state index contributed by atoms with van der Waals surface area (Å²) in [5.74, 6) is -1.96. The quantitative estimate of drug-likeness (QED) is 0.0514. The maximum Gasteiger partial charge on any atom is 0.333 e. The van der Waals surface area contributed by atoms with Gasteiger partial charge >= 0.3 is 11.9 Å². The van der Waals surface area contributed by atoms with E-state index in [9.17, 15) is 65.8 Å². The first-order valence-electron chi connectivity index (χ1n) is 27.4. The number of hydrogen-bond donors (Lipinski definition) is 11. The molecule has 432 valence electrons. The number of allylic oxidation sites excluding steroid dienone is 3. The van der Waals surface area contributed by atoms with Gasteiger partial charge in [-0.2, -0.15) is 0 Å². The Labute approximate surface area is 446 Å². The van der Waals surface area contributed by atoms with Gasteiger partial charge in [0.25, 0.3) is 0 Å². The molecule has 20 nitrogen and oxygen atoms in total. The molecular formula is C56H88O20. The highest BCUT2D eigenvalue weighted by Gasteiger charge is 2.73. The number of hydrogen-bond acceptors (Lipinski definition) is 19. The molecule has 8 aliphatic rings. The summed E-state index contributed by atoms with van der Waals surface area (Å²) in [5.41, 5.74) is -3.61. The molecule has 3 heterocycles.